The molecule has 2 atom stereocenters. The fourth-order valence-electron chi connectivity index (χ4n) is 2.54. The van der Waals surface area contributed by atoms with E-state index in [1.165, 1.54) is 6.20 Å². The minimum atomic E-state index is -3.54. The van der Waals surface area contributed by atoms with E-state index < -0.39 is 10.0 Å². The van der Waals surface area contributed by atoms with Crippen molar-refractivity contribution in [3.05, 3.63) is 6.20 Å². The highest BCUT2D eigenvalue weighted by Gasteiger charge is 2.36. The number of hydrogen-bond acceptors (Lipinski definition) is 4. The van der Waals surface area contributed by atoms with Crippen LogP contribution in [0.25, 0.3) is 0 Å². The summed E-state index contributed by atoms with van der Waals surface area (Å²) in [6, 6.07) is 0.00289. The summed E-state index contributed by atoms with van der Waals surface area (Å²) in [7, 11) is -3.54. The molecule has 1 saturated heterocycles. The normalized spacial score (nSPS) is 25.6. The van der Waals surface area contributed by atoms with Crippen LogP contribution in [0.2, 0.25) is 0 Å². The molecule has 0 aliphatic carbocycles. The molecule has 2 N–H and O–H groups in total. The van der Waals surface area contributed by atoms with Crippen molar-refractivity contribution in [3.63, 3.8) is 0 Å². The molecule has 2 heterocycles. The smallest absolute Gasteiger partial charge is 0.248 e. The molecular weight excluding hydrogens is 264 g/mol. The predicted octanol–water partition coefficient (Wildman–Crippen LogP) is 1.29. The van der Waals surface area contributed by atoms with Gasteiger partial charge in [-0.25, -0.2) is 8.42 Å². The van der Waals surface area contributed by atoms with Crippen LogP contribution >= 0.6 is 0 Å². The van der Waals surface area contributed by atoms with Crippen LogP contribution < -0.4 is 5.73 Å². The minimum absolute atomic E-state index is 0.00289. The summed E-state index contributed by atoms with van der Waals surface area (Å²) in [4.78, 5) is 0.135. The zero-order valence-electron chi connectivity index (χ0n) is 11.7. The van der Waals surface area contributed by atoms with E-state index in [4.69, 9.17) is 5.73 Å². The lowest BCUT2D eigenvalue weighted by Crippen LogP contribution is -2.45. The average Bonchev–Trinajstić information content (AvgIpc) is 2.74. The van der Waals surface area contributed by atoms with Crippen molar-refractivity contribution in [1.29, 1.82) is 0 Å². The molecule has 1 fully saturated rings. The number of nitrogens with zero attached hydrogens (tertiary/aromatic N) is 3. The van der Waals surface area contributed by atoms with Crippen LogP contribution in [0.5, 0.6) is 0 Å². The van der Waals surface area contributed by atoms with Crippen molar-refractivity contribution < 1.29 is 8.42 Å². The maximum Gasteiger partial charge on any atom is 0.248 e. The molecular formula is C12H22N4O2S. The minimum Gasteiger partial charge on any atom is -0.381 e. The lowest BCUT2D eigenvalue weighted by atomic mass is 9.94. The van der Waals surface area contributed by atoms with Crippen molar-refractivity contribution in [2.24, 2.45) is 5.92 Å². The highest BCUT2D eigenvalue weighted by atomic mass is 32.2. The number of hydrogen-bond donors (Lipinski definition) is 1. The molecule has 2 unspecified atom stereocenters. The molecule has 1 aliphatic rings. The quantitative estimate of drug-likeness (QED) is 0.908. The van der Waals surface area contributed by atoms with Crippen LogP contribution in [-0.2, 0) is 16.6 Å². The lowest BCUT2D eigenvalue weighted by molar-refractivity contribution is 0.202. The summed E-state index contributed by atoms with van der Waals surface area (Å²) in [5.41, 5.74) is 5.75. The van der Waals surface area contributed by atoms with Gasteiger partial charge in [0.2, 0.25) is 10.0 Å². The molecule has 0 spiro atoms. The van der Waals surface area contributed by atoms with Gasteiger partial charge in [0.15, 0.2) is 5.82 Å². The lowest BCUT2D eigenvalue weighted by Gasteiger charge is -2.36. The van der Waals surface area contributed by atoms with Gasteiger partial charge in [-0.15, -0.1) is 0 Å². The number of sulfonamides is 1. The summed E-state index contributed by atoms with van der Waals surface area (Å²) in [6.07, 6.45) is 3.49. The van der Waals surface area contributed by atoms with Gasteiger partial charge >= 0.3 is 0 Å². The Balaban J connectivity index is 2.38. The molecule has 1 aliphatic heterocycles. The Hall–Kier alpha value is -1.08. The second kappa shape index (κ2) is 5.13. The van der Waals surface area contributed by atoms with Gasteiger partial charge in [-0.05, 0) is 32.6 Å². The third-order valence-corrected chi connectivity index (χ3v) is 5.98. The van der Waals surface area contributed by atoms with Crippen LogP contribution in [0.1, 0.15) is 33.6 Å². The Bertz CT molecular complexity index is 552. The number of aromatic nitrogens is 2. The second-order valence-corrected chi connectivity index (χ2v) is 7.07. The highest BCUT2D eigenvalue weighted by Crippen LogP contribution is 2.30. The van der Waals surface area contributed by atoms with Crippen LogP contribution in [0.3, 0.4) is 0 Å². The Kier molecular flexibility index (Phi) is 3.87. The number of anilines is 1. The summed E-state index contributed by atoms with van der Waals surface area (Å²) >= 11 is 0. The van der Waals surface area contributed by atoms with Crippen LogP contribution in [0.4, 0.5) is 5.82 Å². The average molecular weight is 286 g/mol. The third kappa shape index (κ3) is 2.49. The third-order valence-electron chi connectivity index (χ3n) is 3.98. The number of nitrogen functional groups attached to an aromatic ring is 1. The van der Waals surface area contributed by atoms with Crippen molar-refractivity contribution in [3.8, 4) is 0 Å². The molecule has 108 valence electrons. The van der Waals surface area contributed by atoms with E-state index in [1.807, 2.05) is 13.8 Å². The van der Waals surface area contributed by atoms with Crippen molar-refractivity contribution in [1.82, 2.24) is 14.1 Å². The second-order valence-electron chi connectivity index (χ2n) is 5.21. The fourth-order valence-corrected chi connectivity index (χ4v) is 4.37. The Morgan fingerprint density at radius 2 is 2.16 bits per heavy atom. The Labute approximate surface area is 114 Å². The van der Waals surface area contributed by atoms with Crippen LogP contribution in [0.15, 0.2) is 11.1 Å². The molecule has 0 bridgehead atoms. The molecule has 0 radical (unpaired) electrons. The zero-order chi connectivity index (χ0) is 14.2. The van der Waals surface area contributed by atoms with Gasteiger partial charge in [-0.1, -0.05) is 6.92 Å². The molecule has 0 saturated carbocycles. The number of nitrogens with two attached hydrogens (primary N) is 1. The standard InChI is InChI=1S/C12H22N4O2S/c1-4-15-8-11(12(13)14-15)19(17,18)16-7-5-6-9(2)10(16)3/h8-10H,4-7H2,1-3H3,(H2,13,14). The first-order valence-corrected chi connectivity index (χ1v) is 8.16. The first-order valence-electron chi connectivity index (χ1n) is 6.72. The molecule has 0 amide bonds. The maximum absolute atomic E-state index is 12.7. The Morgan fingerprint density at radius 3 is 2.74 bits per heavy atom. The van der Waals surface area contributed by atoms with E-state index in [1.54, 1.807) is 8.99 Å². The maximum atomic E-state index is 12.7. The van der Waals surface area contributed by atoms with Gasteiger partial charge in [0.25, 0.3) is 0 Å². The zero-order valence-corrected chi connectivity index (χ0v) is 12.5. The Morgan fingerprint density at radius 1 is 1.47 bits per heavy atom. The monoisotopic (exact) mass is 286 g/mol. The predicted molar refractivity (Wildman–Crippen MR) is 74.1 cm³/mol. The fraction of sp³-hybridized carbons (Fsp3) is 0.750. The molecule has 1 aromatic heterocycles. The number of rotatable bonds is 3. The summed E-state index contributed by atoms with van der Waals surface area (Å²) < 4.78 is 28.5. The van der Waals surface area contributed by atoms with Crippen molar-refractivity contribution >= 4 is 15.8 Å². The first kappa shape index (κ1) is 14.3. The van der Waals surface area contributed by atoms with Gasteiger partial charge in [0.1, 0.15) is 4.90 Å². The van der Waals surface area contributed by atoms with Crippen LogP contribution in [-0.4, -0.2) is 35.1 Å². The molecule has 7 heteroatoms. The van der Waals surface area contributed by atoms with Gasteiger partial charge in [0.05, 0.1) is 0 Å². The van der Waals surface area contributed by atoms with E-state index in [2.05, 4.69) is 12.0 Å². The van der Waals surface area contributed by atoms with E-state index in [0.717, 1.165) is 12.8 Å². The van der Waals surface area contributed by atoms with E-state index in [9.17, 15) is 8.42 Å². The molecule has 1 aromatic rings. The summed E-state index contributed by atoms with van der Waals surface area (Å²) in [6.45, 7) is 7.11. The SMILES string of the molecule is CCn1cc(S(=O)(=O)N2CCCC(C)C2C)c(N)n1. The van der Waals surface area contributed by atoms with Gasteiger partial charge in [-0.2, -0.15) is 9.40 Å². The first-order chi connectivity index (χ1) is 8.87. The number of aryl methyl sites for hydroxylation is 1. The summed E-state index contributed by atoms with van der Waals surface area (Å²) in [5, 5.41) is 4.02. The molecule has 0 aromatic carbocycles. The molecule has 6 nitrogen and oxygen atoms in total. The number of piperidine rings is 1. The van der Waals surface area contributed by atoms with E-state index in [0.29, 0.717) is 19.0 Å². The van der Waals surface area contributed by atoms with E-state index in [-0.39, 0.29) is 16.8 Å². The van der Waals surface area contributed by atoms with Crippen molar-refractivity contribution in [2.75, 3.05) is 12.3 Å². The van der Waals surface area contributed by atoms with Gasteiger partial charge in [0, 0.05) is 25.3 Å². The molecule has 2 rings (SSSR count). The largest absolute Gasteiger partial charge is 0.381 e. The van der Waals surface area contributed by atoms with Crippen LogP contribution in [0, 0.1) is 5.92 Å². The van der Waals surface area contributed by atoms with Crippen molar-refractivity contribution in [2.45, 2.75) is 51.1 Å². The molecule has 19 heavy (non-hydrogen) atoms. The van der Waals surface area contributed by atoms with E-state index >= 15 is 0 Å². The van der Waals surface area contributed by atoms with Gasteiger partial charge in [-0.3, -0.25) is 4.68 Å². The topological polar surface area (TPSA) is 81.2 Å². The highest BCUT2D eigenvalue weighted by molar-refractivity contribution is 7.89. The summed E-state index contributed by atoms with van der Waals surface area (Å²) in [5.74, 6) is 0.457. The van der Waals surface area contributed by atoms with Gasteiger partial charge < -0.3 is 5.73 Å².